The molecule has 3 aromatic carbocycles. The fourth-order valence-electron chi connectivity index (χ4n) is 3.52. The minimum Gasteiger partial charge on any atom is -0.324 e. The third-order valence-corrected chi connectivity index (χ3v) is 5.67. The van der Waals surface area contributed by atoms with Gasteiger partial charge in [0.05, 0.1) is 0 Å². The zero-order valence-electron chi connectivity index (χ0n) is 17.4. The van der Waals surface area contributed by atoms with E-state index in [2.05, 4.69) is 20.7 Å². The third-order valence-electron chi connectivity index (χ3n) is 5.16. The predicted molar refractivity (Wildman–Crippen MR) is 134 cm³/mol. The van der Waals surface area contributed by atoms with E-state index < -0.39 is 11.7 Å². The van der Waals surface area contributed by atoms with Gasteiger partial charge in [-0.1, -0.05) is 47.5 Å². The Hall–Kier alpha value is -3.39. The minimum atomic E-state index is -0.438. The van der Waals surface area contributed by atoms with Gasteiger partial charge in [0.1, 0.15) is 11.9 Å². The first-order valence-electron chi connectivity index (χ1n) is 10.00. The summed E-state index contributed by atoms with van der Waals surface area (Å²) in [6, 6.07) is 19.8. The number of hydrogen-bond acceptors (Lipinski definition) is 4. The maximum absolute atomic E-state index is 13.2. The SMILES string of the molecule is Cl.O=C(Nc1nc2n(n1)C(c1ccc(Cl)cc1)C=C(c1ccc(Cl)cc1)N2)c1ccc(F)cc1. The summed E-state index contributed by atoms with van der Waals surface area (Å²) in [5, 5.41) is 11.7. The lowest BCUT2D eigenvalue weighted by molar-refractivity contribution is 0.102. The maximum atomic E-state index is 13.2. The Labute approximate surface area is 210 Å². The first-order chi connectivity index (χ1) is 16.0. The van der Waals surface area contributed by atoms with Crippen LogP contribution in [-0.2, 0) is 0 Å². The van der Waals surface area contributed by atoms with Gasteiger partial charge in [0, 0.05) is 21.3 Å². The number of carbonyl (C=O) groups excluding carboxylic acids is 1. The molecular formula is C24H17Cl3FN5O. The van der Waals surface area contributed by atoms with E-state index in [0.29, 0.717) is 21.6 Å². The van der Waals surface area contributed by atoms with Crippen LogP contribution in [0.15, 0.2) is 78.9 Å². The Morgan fingerprint density at radius 3 is 2.21 bits per heavy atom. The van der Waals surface area contributed by atoms with E-state index >= 15 is 0 Å². The monoisotopic (exact) mass is 515 g/mol. The molecule has 1 atom stereocenters. The van der Waals surface area contributed by atoms with Gasteiger partial charge >= 0.3 is 0 Å². The van der Waals surface area contributed by atoms with Crippen molar-refractivity contribution >= 4 is 59.1 Å². The molecule has 1 unspecified atom stereocenters. The van der Waals surface area contributed by atoms with Gasteiger partial charge in [-0.2, -0.15) is 4.98 Å². The van der Waals surface area contributed by atoms with E-state index in [-0.39, 0.29) is 24.4 Å². The number of halogens is 4. The number of allylic oxidation sites excluding steroid dienone is 1. The fourth-order valence-corrected chi connectivity index (χ4v) is 3.77. The second-order valence-corrected chi connectivity index (χ2v) is 8.25. The molecule has 4 aromatic rings. The van der Waals surface area contributed by atoms with Crippen molar-refractivity contribution in [2.45, 2.75) is 6.04 Å². The zero-order valence-corrected chi connectivity index (χ0v) is 19.7. The number of anilines is 2. The quantitative estimate of drug-likeness (QED) is 0.327. The molecule has 0 saturated carbocycles. The van der Waals surface area contributed by atoms with Gasteiger partial charge in [0.15, 0.2) is 0 Å². The maximum Gasteiger partial charge on any atom is 0.258 e. The number of nitrogens with one attached hydrogen (secondary N) is 2. The van der Waals surface area contributed by atoms with Gasteiger partial charge in [-0.25, -0.2) is 9.07 Å². The highest BCUT2D eigenvalue weighted by molar-refractivity contribution is 6.30. The summed E-state index contributed by atoms with van der Waals surface area (Å²) in [5.41, 5.74) is 2.98. The van der Waals surface area contributed by atoms with Crippen molar-refractivity contribution in [1.29, 1.82) is 0 Å². The van der Waals surface area contributed by atoms with Gasteiger partial charge in [0.2, 0.25) is 5.95 Å². The average Bonchev–Trinajstić information content (AvgIpc) is 3.22. The van der Waals surface area contributed by atoms with Gasteiger partial charge < -0.3 is 5.32 Å². The van der Waals surface area contributed by atoms with E-state index in [0.717, 1.165) is 16.8 Å². The Balaban J connectivity index is 0.00000274. The van der Waals surface area contributed by atoms with E-state index in [9.17, 15) is 9.18 Å². The molecule has 6 nitrogen and oxygen atoms in total. The molecule has 172 valence electrons. The van der Waals surface area contributed by atoms with Crippen molar-refractivity contribution in [1.82, 2.24) is 14.8 Å². The summed E-state index contributed by atoms with van der Waals surface area (Å²) in [6.45, 7) is 0. The van der Waals surface area contributed by atoms with Crippen molar-refractivity contribution in [2.24, 2.45) is 0 Å². The number of hydrogen-bond donors (Lipinski definition) is 2. The molecule has 1 aliphatic heterocycles. The molecule has 0 saturated heterocycles. The summed E-state index contributed by atoms with van der Waals surface area (Å²) in [5.74, 6) is -0.279. The van der Waals surface area contributed by atoms with Crippen molar-refractivity contribution in [3.63, 3.8) is 0 Å². The highest BCUT2D eigenvalue weighted by Crippen LogP contribution is 2.34. The second-order valence-electron chi connectivity index (χ2n) is 7.37. The summed E-state index contributed by atoms with van der Waals surface area (Å²) < 4.78 is 14.9. The lowest BCUT2D eigenvalue weighted by atomic mass is 10.0. The molecule has 1 aliphatic rings. The summed E-state index contributed by atoms with van der Waals surface area (Å²) >= 11 is 12.1. The van der Waals surface area contributed by atoms with Crippen LogP contribution in [0.1, 0.15) is 27.5 Å². The smallest absolute Gasteiger partial charge is 0.258 e. The normalized spacial score (nSPS) is 14.3. The Morgan fingerprint density at radius 1 is 0.941 bits per heavy atom. The van der Waals surface area contributed by atoms with E-state index in [1.807, 2.05) is 54.6 Å². The number of fused-ring (bicyclic) bond motifs is 1. The van der Waals surface area contributed by atoms with Crippen molar-refractivity contribution in [3.05, 3.63) is 111 Å². The number of benzene rings is 3. The zero-order chi connectivity index (χ0) is 22.9. The van der Waals surface area contributed by atoms with Crippen LogP contribution in [0.3, 0.4) is 0 Å². The Kier molecular flexibility index (Phi) is 6.88. The summed E-state index contributed by atoms with van der Waals surface area (Å²) in [6.07, 6.45) is 2.01. The second kappa shape index (κ2) is 9.85. The number of amides is 1. The molecule has 0 spiro atoms. The van der Waals surface area contributed by atoms with Gasteiger partial charge in [-0.05, 0) is 65.7 Å². The number of carbonyl (C=O) groups is 1. The Bertz CT molecular complexity index is 1350. The largest absolute Gasteiger partial charge is 0.324 e. The summed E-state index contributed by atoms with van der Waals surface area (Å²) in [4.78, 5) is 17.0. The highest BCUT2D eigenvalue weighted by Gasteiger charge is 2.26. The predicted octanol–water partition coefficient (Wildman–Crippen LogP) is 6.45. The van der Waals surface area contributed by atoms with Crippen LogP contribution in [0.25, 0.3) is 5.70 Å². The van der Waals surface area contributed by atoms with Gasteiger partial charge in [-0.3, -0.25) is 10.1 Å². The standard InChI is InChI=1S/C24H16Cl2FN5O.ClH/c25-17-7-1-14(2-8-17)20-13-21(15-3-9-18(26)10-4-15)32-24(28-20)30-23(31-32)29-22(33)16-5-11-19(27)12-6-16;/h1-13,21H,(H2,28,29,30,31,33);1H. The number of nitrogens with zero attached hydrogens (tertiary/aromatic N) is 3. The van der Waals surface area contributed by atoms with Crippen molar-refractivity contribution in [2.75, 3.05) is 10.6 Å². The van der Waals surface area contributed by atoms with Crippen LogP contribution < -0.4 is 10.6 Å². The molecule has 1 aromatic heterocycles. The molecule has 0 fully saturated rings. The molecule has 0 radical (unpaired) electrons. The van der Waals surface area contributed by atoms with Crippen LogP contribution in [0.2, 0.25) is 10.0 Å². The van der Waals surface area contributed by atoms with Crippen LogP contribution in [0, 0.1) is 5.82 Å². The molecule has 5 rings (SSSR count). The molecule has 0 aliphatic carbocycles. The molecule has 2 heterocycles. The average molecular weight is 517 g/mol. The summed E-state index contributed by atoms with van der Waals surface area (Å²) in [7, 11) is 0. The molecule has 0 bridgehead atoms. The third kappa shape index (κ3) is 4.92. The number of rotatable bonds is 4. The fraction of sp³-hybridized carbons (Fsp3) is 0.0417. The van der Waals surface area contributed by atoms with E-state index in [1.54, 1.807) is 4.68 Å². The minimum absolute atomic E-state index is 0. The van der Waals surface area contributed by atoms with Gasteiger partial charge in [0.25, 0.3) is 11.9 Å². The van der Waals surface area contributed by atoms with Crippen molar-refractivity contribution < 1.29 is 9.18 Å². The number of aromatic nitrogens is 3. The highest BCUT2D eigenvalue weighted by atomic mass is 35.5. The van der Waals surface area contributed by atoms with Crippen LogP contribution in [0.4, 0.5) is 16.3 Å². The van der Waals surface area contributed by atoms with E-state index in [1.165, 1.54) is 24.3 Å². The van der Waals surface area contributed by atoms with Crippen LogP contribution in [-0.4, -0.2) is 20.7 Å². The van der Waals surface area contributed by atoms with Gasteiger partial charge in [-0.15, -0.1) is 17.5 Å². The molecular weight excluding hydrogens is 500 g/mol. The molecule has 10 heteroatoms. The lowest BCUT2D eigenvalue weighted by Crippen LogP contribution is -2.20. The lowest BCUT2D eigenvalue weighted by Gasteiger charge is -2.24. The van der Waals surface area contributed by atoms with Crippen LogP contribution >= 0.6 is 35.6 Å². The Morgan fingerprint density at radius 2 is 1.56 bits per heavy atom. The van der Waals surface area contributed by atoms with Crippen LogP contribution in [0.5, 0.6) is 0 Å². The molecule has 1 amide bonds. The first-order valence-corrected chi connectivity index (χ1v) is 10.8. The first kappa shape index (κ1) is 23.8. The molecule has 2 N–H and O–H groups in total. The van der Waals surface area contributed by atoms with E-state index in [4.69, 9.17) is 23.2 Å². The topological polar surface area (TPSA) is 71.8 Å². The molecule has 34 heavy (non-hydrogen) atoms. The van der Waals surface area contributed by atoms with Crippen molar-refractivity contribution in [3.8, 4) is 0 Å².